The Balaban J connectivity index is 1.69. The molecule has 1 aliphatic rings. The Labute approximate surface area is 189 Å². The van der Waals surface area contributed by atoms with Crippen molar-refractivity contribution in [3.8, 4) is 17.3 Å². The maximum absolute atomic E-state index is 13.5. The summed E-state index contributed by atoms with van der Waals surface area (Å²) in [6, 6.07) is 19.0. The van der Waals surface area contributed by atoms with Gasteiger partial charge in [0.2, 0.25) is 11.0 Å². The second kappa shape index (κ2) is 8.73. The molecule has 0 spiro atoms. The second-order valence-corrected chi connectivity index (χ2v) is 8.53. The molecule has 0 radical (unpaired) electrons. The van der Waals surface area contributed by atoms with Gasteiger partial charge in [-0.1, -0.05) is 60.2 Å². The molecule has 1 aliphatic heterocycles. The summed E-state index contributed by atoms with van der Waals surface area (Å²) in [5, 5.41) is 17.7. The number of aromatic nitrogens is 1. The van der Waals surface area contributed by atoms with Gasteiger partial charge in [0.1, 0.15) is 5.92 Å². The third-order valence-electron chi connectivity index (χ3n) is 5.55. The predicted molar refractivity (Wildman–Crippen MR) is 124 cm³/mol. The lowest BCUT2D eigenvalue weighted by molar-refractivity contribution is -0.123. The lowest BCUT2D eigenvalue weighted by atomic mass is 9.75. The van der Waals surface area contributed by atoms with Crippen LogP contribution in [0.25, 0.3) is 11.3 Å². The second-order valence-electron chi connectivity index (χ2n) is 7.70. The number of nitrogens with zero attached hydrogens (tertiary/aromatic N) is 4. The van der Waals surface area contributed by atoms with Crippen LogP contribution in [0.15, 0.2) is 65.1 Å². The van der Waals surface area contributed by atoms with E-state index in [0.29, 0.717) is 16.4 Å². The van der Waals surface area contributed by atoms with Crippen molar-refractivity contribution >= 4 is 34.0 Å². The predicted octanol–water partition coefficient (Wildman–Crippen LogP) is 3.87. The van der Waals surface area contributed by atoms with Crippen LogP contribution in [0.3, 0.4) is 0 Å². The SMILES string of the molecule is CC1=NN(c2nc(-c3ccc(C)cc3)cs2)C(=O)[C@@H]1[C@H](c1ccccc1)[C@H](C#N)C(N)=O. The number of hydrogen-bond donors (Lipinski definition) is 1. The molecule has 2 aromatic carbocycles. The van der Waals surface area contributed by atoms with Crippen molar-refractivity contribution in [2.45, 2.75) is 19.8 Å². The number of nitriles is 1. The fourth-order valence-corrected chi connectivity index (χ4v) is 4.71. The van der Waals surface area contributed by atoms with Crippen LogP contribution in [-0.2, 0) is 9.59 Å². The molecular weight excluding hydrogens is 422 g/mol. The first kappa shape index (κ1) is 21.4. The standard InChI is InChI=1S/C24H21N5O2S/c1-14-8-10-16(11-9-14)19-13-32-24(27-19)29-23(31)20(15(2)28-29)21(18(12-25)22(26)30)17-6-4-3-5-7-17/h3-11,13,18,20-21H,1-2H3,(H2,26,30)/t18-,20-,21+/m0/s1. The Hall–Kier alpha value is -3.83. The molecule has 8 heteroatoms. The quantitative estimate of drug-likeness (QED) is 0.623. The fourth-order valence-electron chi connectivity index (χ4n) is 3.92. The summed E-state index contributed by atoms with van der Waals surface area (Å²) in [4.78, 5) is 30.2. The van der Waals surface area contributed by atoms with Gasteiger partial charge in [0.05, 0.1) is 17.7 Å². The van der Waals surface area contributed by atoms with Gasteiger partial charge in [0, 0.05) is 22.6 Å². The summed E-state index contributed by atoms with van der Waals surface area (Å²) in [7, 11) is 0. The Morgan fingerprint density at radius 2 is 1.84 bits per heavy atom. The van der Waals surface area contributed by atoms with E-state index in [0.717, 1.165) is 16.8 Å². The van der Waals surface area contributed by atoms with Crippen molar-refractivity contribution in [3.05, 3.63) is 71.1 Å². The summed E-state index contributed by atoms with van der Waals surface area (Å²) in [5.74, 6) is -3.80. The van der Waals surface area contributed by atoms with E-state index in [1.165, 1.54) is 16.3 Å². The van der Waals surface area contributed by atoms with Gasteiger partial charge in [-0.25, -0.2) is 4.98 Å². The topological polar surface area (TPSA) is 112 Å². The van der Waals surface area contributed by atoms with Crippen molar-refractivity contribution in [2.24, 2.45) is 22.7 Å². The number of hydrogen-bond acceptors (Lipinski definition) is 6. The highest BCUT2D eigenvalue weighted by molar-refractivity contribution is 7.14. The molecule has 1 aromatic heterocycles. The minimum Gasteiger partial charge on any atom is -0.369 e. The highest BCUT2D eigenvalue weighted by Gasteiger charge is 2.46. The number of carbonyl (C=O) groups is 2. The zero-order valence-electron chi connectivity index (χ0n) is 17.6. The number of benzene rings is 2. The average molecular weight is 444 g/mol. The van der Waals surface area contributed by atoms with E-state index in [2.05, 4.69) is 10.1 Å². The van der Waals surface area contributed by atoms with E-state index in [9.17, 15) is 14.9 Å². The highest BCUT2D eigenvalue weighted by atomic mass is 32.1. The van der Waals surface area contributed by atoms with Gasteiger partial charge < -0.3 is 5.73 Å². The van der Waals surface area contributed by atoms with E-state index in [1.54, 1.807) is 31.2 Å². The third kappa shape index (κ3) is 3.90. The molecule has 0 unspecified atom stereocenters. The molecule has 2 N–H and O–H groups in total. The average Bonchev–Trinajstić information content (AvgIpc) is 3.38. The minimum absolute atomic E-state index is 0.331. The number of carbonyl (C=O) groups excluding carboxylic acids is 2. The molecule has 7 nitrogen and oxygen atoms in total. The van der Waals surface area contributed by atoms with E-state index < -0.39 is 23.7 Å². The molecule has 0 fully saturated rings. The molecule has 0 bridgehead atoms. The molecule has 0 saturated carbocycles. The Bertz CT molecular complexity index is 1230. The minimum atomic E-state index is -1.17. The Morgan fingerprint density at radius 1 is 1.16 bits per heavy atom. The van der Waals surface area contributed by atoms with Crippen LogP contribution in [0, 0.1) is 30.1 Å². The lowest BCUT2D eigenvalue weighted by Crippen LogP contribution is -2.38. The molecule has 0 aliphatic carbocycles. The molecule has 2 amide bonds. The number of amides is 2. The molecule has 3 atom stereocenters. The van der Waals surface area contributed by atoms with Crippen molar-refractivity contribution in [1.29, 1.82) is 5.26 Å². The zero-order chi connectivity index (χ0) is 22.8. The van der Waals surface area contributed by atoms with Crippen LogP contribution in [0.5, 0.6) is 0 Å². The third-order valence-corrected chi connectivity index (χ3v) is 6.37. The first-order valence-electron chi connectivity index (χ1n) is 10.1. The molecule has 2 heterocycles. The number of nitrogens with two attached hydrogens (primary N) is 1. The molecule has 32 heavy (non-hydrogen) atoms. The molecular formula is C24H21N5O2S. The molecule has 160 valence electrons. The van der Waals surface area contributed by atoms with Gasteiger partial charge in [0.25, 0.3) is 5.91 Å². The number of primary amides is 1. The van der Waals surface area contributed by atoms with Crippen LogP contribution in [0.1, 0.15) is 24.0 Å². The van der Waals surface area contributed by atoms with Crippen molar-refractivity contribution in [3.63, 3.8) is 0 Å². The molecule has 3 aromatic rings. The summed E-state index contributed by atoms with van der Waals surface area (Å²) < 4.78 is 0. The smallest absolute Gasteiger partial charge is 0.259 e. The number of anilines is 1. The lowest BCUT2D eigenvalue weighted by Gasteiger charge is -2.25. The van der Waals surface area contributed by atoms with E-state index in [4.69, 9.17) is 5.73 Å². The van der Waals surface area contributed by atoms with Gasteiger partial charge in [-0.3, -0.25) is 9.59 Å². The fraction of sp³-hybridized carbons (Fsp3) is 0.208. The monoisotopic (exact) mass is 443 g/mol. The summed E-state index contributed by atoms with van der Waals surface area (Å²) in [6.07, 6.45) is 0. The van der Waals surface area contributed by atoms with Crippen LogP contribution in [0.4, 0.5) is 5.13 Å². The number of rotatable bonds is 6. The van der Waals surface area contributed by atoms with Gasteiger partial charge in [0.15, 0.2) is 0 Å². The van der Waals surface area contributed by atoms with Gasteiger partial charge in [-0.15, -0.1) is 11.3 Å². The summed E-state index contributed by atoms with van der Waals surface area (Å²) >= 11 is 1.31. The van der Waals surface area contributed by atoms with Gasteiger partial charge in [-0.2, -0.15) is 15.4 Å². The van der Waals surface area contributed by atoms with E-state index >= 15 is 0 Å². The van der Waals surface area contributed by atoms with E-state index in [1.807, 2.05) is 48.7 Å². The van der Waals surface area contributed by atoms with Crippen molar-refractivity contribution in [2.75, 3.05) is 5.01 Å². The summed E-state index contributed by atoms with van der Waals surface area (Å²) in [6.45, 7) is 3.74. The van der Waals surface area contributed by atoms with E-state index in [-0.39, 0.29) is 5.91 Å². The number of aryl methyl sites for hydroxylation is 1. The zero-order valence-corrected chi connectivity index (χ0v) is 18.4. The van der Waals surface area contributed by atoms with Crippen LogP contribution < -0.4 is 10.7 Å². The Kier molecular flexibility index (Phi) is 5.84. The normalized spacial score (nSPS) is 17.5. The van der Waals surface area contributed by atoms with Gasteiger partial charge >= 0.3 is 0 Å². The maximum atomic E-state index is 13.5. The maximum Gasteiger partial charge on any atom is 0.259 e. The van der Waals surface area contributed by atoms with Crippen LogP contribution in [-0.4, -0.2) is 22.5 Å². The van der Waals surface area contributed by atoms with Crippen molar-refractivity contribution in [1.82, 2.24) is 4.98 Å². The summed E-state index contributed by atoms with van der Waals surface area (Å²) in [5.41, 5.74) is 9.58. The highest BCUT2D eigenvalue weighted by Crippen LogP contribution is 2.39. The molecule has 0 saturated heterocycles. The molecule has 4 rings (SSSR count). The van der Waals surface area contributed by atoms with Crippen molar-refractivity contribution < 1.29 is 9.59 Å². The van der Waals surface area contributed by atoms with Crippen LogP contribution in [0.2, 0.25) is 0 Å². The number of thiazole rings is 1. The Morgan fingerprint density at radius 3 is 2.47 bits per heavy atom. The number of hydrazone groups is 1. The van der Waals surface area contributed by atoms with Crippen LogP contribution >= 0.6 is 11.3 Å². The first-order chi connectivity index (χ1) is 15.4. The largest absolute Gasteiger partial charge is 0.369 e. The van der Waals surface area contributed by atoms with Gasteiger partial charge in [-0.05, 0) is 19.4 Å². The first-order valence-corrected chi connectivity index (χ1v) is 10.9.